The quantitative estimate of drug-likeness (QED) is 0.419. The zero-order valence-electron chi connectivity index (χ0n) is 12.5. The third-order valence-electron chi connectivity index (χ3n) is 3.15. The molecule has 0 bridgehead atoms. The van der Waals surface area contributed by atoms with Crippen LogP contribution in [0, 0.1) is 0 Å². The fraction of sp³-hybridized carbons (Fsp3) is 0.267. The third-order valence-corrected chi connectivity index (χ3v) is 5.19. The SMILES string of the molecule is CO/[N+](=C\c1csc(-n2sc3ccccc3c2=O)n1)C(C)C. The number of thiazole rings is 1. The number of fused-ring (bicyclic) bond motifs is 1. The van der Waals surface area contributed by atoms with Gasteiger partial charge in [-0.25, -0.2) is 8.94 Å². The molecule has 7 heteroatoms. The van der Waals surface area contributed by atoms with Crippen molar-refractivity contribution in [2.75, 3.05) is 7.11 Å². The molecule has 3 rings (SSSR count). The molecule has 0 unspecified atom stereocenters. The van der Waals surface area contributed by atoms with Crippen LogP contribution in [0.4, 0.5) is 0 Å². The Morgan fingerprint density at radius 1 is 1.36 bits per heavy atom. The molecule has 0 fully saturated rings. The van der Waals surface area contributed by atoms with E-state index in [-0.39, 0.29) is 11.6 Å². The second-order valence-corrected chi connectivity index (χ2v) is 6.83. The molecule has 0 spiro atoms. The third kappa shape index (κ3) is 2.69. The Kier molecular flexibility index (Phi) is 4.08. The summed E-state index contributed by atoms with van der Waals surface area (Å²) in [6, 6.07) is 7.81. The van der Waals surface area contributed by atoms with Crippen molar-refractivity contribution < 1.29 is 9.58 Å². The summed E-state index contributed by atoms with van der Waals surface area (Å²) >= 11 is 2.86. The van der Waals surface area contributed by atoms with Gasteiger partial charge in [-0.1, -0.05) is 12.1 Å². The van der Waals surface area contributed by atoms with E-state index in [2.05, 4.69) is 4.98 Å². The van der Waals surface area contributed by atoms with E-state index >= 15 is 0 Å². The van der Waals surface area contributed by atoms with Crippen LogP contribution in [-0.4, -0.2) is 33.0 Å². The first-order valence-corrected chi connectivity index (χ1v) is 8.49. The predicted molar refractivity (Wildman–Crippen MR) is 90.7 cm³/mol. The van der Waals surface area contributed by atoms with E-state index in [1.54, 1.807) is 15.8 Å². The fourth-order valence-corrected chi connectivity index (χ4v) is 3.88. The number of nitrogens with zero attached hydrogens (tertiary/aromatic N) is 3. The van der Waals surface area contributed by atoms with E-state index in [9.17, 15) is 4.79 Å². The van der Waals surface area contributed by atoms with Crippen molar-refractivity contribution >= 4 is 39.2 Å². The van der Waals surface area contributed by atoms with Crippen molar-refractivity contribution in [2.45, 2.75) is 19.9 Å². The highest BCUT2D eigenvalue weighted by Crippen LogP contribution is 2.21. The Labute approximate surface area is 135 Å². The van der Waals surface area contributed by atoms with Gasteiger partial charge in [-0.2, -0.15) is 0 Å². The molecule has 0 saturated heterocycles. The van der Waals surface area contributed by atoms with Crippen molar-refractivity contribution in [2.24, 2.45) is 0 Å². The van der Waals surface area contributed by atoms with Gasteiger partial charge in [0.15, 0.2) is 6.04 Å². The maximum atomic E-state index is 12.4. The Morgan fingerprint density at radius 2 is 2.14 bits per heavy atom. The lowest BCUT2D eigenvalue weighted by Gasteiger charge is -2.00. The molecule has 0 N–H and O–H groups in total. The molecule has 1 aromatic carbocycles. The summed E-state index contributed by atoms with van der Waals surface area (Å²) in [5.74, 6) is 0. The molecule has 22 heavy (non-hydrogen) atoms. The highest BCUT2D eigenvalue weighted by molar-refractivity contribution is 7.17. The first kappa shape index (κ1) is 14.9. The lowest BCUT2D eigenvalue weighted by Crippen LogP contribution is -2.20. The maximum absolute atomic E-state index is 12.4. The minimum absolute atomic E-state index is 0.0195. The van der Waals surface area contributed by atoms with E-state index in [1.165, 1.54) is 22.9 Å². The van der Waals surface area contributed by atoms with Crippen molar-refractivity contribution in [3.05, 3.63) is 45.7 Å². The molecule has 2 aromatic heterocycles. The van der Waals surface area contributed by atoms with E-state index in [0.29, 0.717) is 5.13 Å². The topological polar surface area (TPSA) is 47.1 Å². The maximum Gasteiger partial charge on any atom is 0.275 e. The lowest BCUT2D eigenvalue weighted by molar-refractivity contribution is -0.796. The molecule has 0 atom stereocenters. The van der Waals surface area contributed by atoms with Crippen molar-refractivity contribution in [1.82, 2.24) is 8.94 Å². The Morgan fingerprint density at radius 3 is 2.82 bits per heavy atom. The Balaban J connectivity index is 2.03. The van der Waals surface area contributed by atoms with Gasteiger partial charge in [0.2, 0.25) is 11.3 Å². The molecule has 0 aliphatic rings. The van der Waals surface area contributed by atoms with Crippen LogP contribution in [0.3, 0.4) is 0 Å². The number of hydrogen-bond donors (Lipinski definition) is 0. The Hall–Kier alpha value is -1.99. The van der Waals surface area contributed by atoms with E-state index in [1.807, 2.05) is 49.7 Å². The molecule has 0 amide bonds. The van der Waals surface area contributed by atoms with Gasteiger partial charge in [0, 0.05) is 19.2 Å². The number of hydrogen-bond acceptors (Lipinski definition) is 5. The number of rotatable bonds is 4. The molecule has 0 saturated carbocycles. The standard InChI is InChI=1S/C15H16N3O2S2/c1-10(2)17(20-3)8-11-9-21-15(16-11)18-14(19)12-6-4-5-7-13(12)22-18/h4-10H,1-3H3/q+1/b17-8-. The van der Waals surface area contributed by atoms with Crippen LogP contribution < -0.4 is 5.56 Å². The molecule has 0 aliphatic carbocycles. The van der Waals surface area contributed by atoms with Crippen LogP contribution in [0.5, 0.6) is 0 Å². The lowest BCUT2D eigenvalue weighted by atomic mass is 10.3. The molecule has 0 aliphatic heterocycles. The molecule has 5 nitrogen and oxygen atoms in total. The van der Waals surface area contributed by atoms with Crippen LogP contribution in [0.15, 0.2) is 34.4 Å². The minimum Gasteiger partial charge on any atom is -0.280 e. The van der Waals surface area contributed by atoms with Crippen LogP contribution in [0.25, 0.3) is 15.2 Å². The van der Waals surface area contributed by atoms with Crippen LogP contribution in [0.1, 0.15) is 19.5 Å². The summed E-state index contributed by atoms with van der Waals surface area (Å²) < 4.78 is 4.33. The highest BCUT2D eigenvalue weighted by Gasteiger charge is 2.15. The van der Waals surface area contributed by atoms with E-state index in [0.717, 1.165) is 15.8 Å². The summed E-state index contributed by atoms with van der Waals surface area (Å²) in [5, 5.41) is 3.33. The van der Waals surface area contributed by atoms with Crippen LogP contribution in [-0.2, 0) is 4.84 Å². The first-order valence-electron chi connectivity index (χ1n) is 6.84. The van der Waals surface area contributed by atoms with E-state index in [4.69, 9.17) is 4.84 Å². The summed E-state index contributed by atoms with van der Waals surface area (Å²) in [7, 11) is 1.63. The molecule has 3 aromatic rings. The smallest absolute Gasteiger partial charge is 0.275 e. The average Bonchev–Trinajstić information content (AvgIpc) is 3.10. The summed E-state index contributed by atoms with van der Waals surface area (Å²) in [6.45, 7) is 4.06. The monoisotopic (exact) mass is 334 g/mol. The van der Waals surface area contributed by atoms with Gasteiger partial charge < -0.3 is 0 Å². The van der Waals surface area contributed by atoms with Gasteiger partial charge in [-0.3, -0.25) is 9.63 Å². The second kappa shape index (κ2) is 6.02. The number of aromatic nitrogens is 2. The molecule has 2 heterocycles. The van der Waals surface area contributed by atoms with Gasteiger partial charge in [-0.15, -0.1) is 11.3 Å². The zero-order chi connectivity index (χ0) is 15.7. The second-order valence-electron chi connectivity index (χ2n) is 5.01. The number of hydroxylamine groups is 1. The summed E-state index contributed by atoms with van der Waals surface area (Å²) in [5.41, 5.74) is 0.758. The van der Waals surface area contributed by atoms with Crippen molar-refractivity contribution in [1.29, 1.82) is 0 Å². The average molecular weight is 334 g/mol. The molecular weight excluding hydrogens is 318 g/mol. The molecule has 0 radical (unpaired) electrons. The minimum atomic E-state index is -0.0195. The van der Waals surface area contributed by atoms with Gasteiger partial charge in [0.05, 0.1) is 10.1 Å². The van der Waals surface area contributed by atoms with Crippen LogP contribution in [0.2, 0.25) is 0 Å². The largest absolute Gasteiger partial charge is 0.280 e. The predicted octanol–water partition coefficient (Wildman–Crippen LogP) is 2.91. The van der Waals surface area contributed by atoms with Gasteiger partial charge in [0.25, 0.3) is 5.56 Å². The first-order chi connectivity index (χ1) is 10.6. The molecule has 114 valence electrons. The van der Waals surface area contributed by atoms with Gasteiger partial charge in [0.1, 0.15) is 12.8 Å². The fourth-order valence-electron chi connectivity index (χ4n) is 2.07. The van der Waals surface area contributed by atoms with E-state index < -0.39 is 0 Å². The highest BCUT2D eigenvalue weighted by atomic mass is 32.1. The van der Waals surface area contributed by atoms with Gasteiger partial charge >= 0.3 is 0 Å². The summed E-state index contributed by atoms with van der Waals surface area (Å²) in [4.78, 5) is 22.2. The zero-order valence-corrected chi connectivity index (χ0v) is 14.1. The van der Waals surface area contributed by atoms with Crippen LogP contribution >= 0.6 is 22.9 Å². The normalized spacial score (nSPS) is 12.3. The molecular formula is C15H16N3O2S2+. The van der Waals surface area contributed by atoms with Crippen molar-refractivity contribution in [3.63, 3.8) is 0 Å². The number of benzene rings is 1. The van der Waals surface area contributed by atoms with Crippen molar-refractivity contribution in [3.8, 4) is 5.13 Å². The summed E-state index contributed by atoms with van der Waals surface area (Å²) in [6.07, 6.45) is 1.84. The van der Waals surface area contributed by atoms with Gasteiger partial charge in [-0.05, 0) is 28.4 Å². The Bertz CT molecular complexity index is 889.